The summed E-state index contributed by atoms with van der Waals surface area (Å²) in [4.78, 5) is 11.8. The lowest BCUT2D eigenvalue weighted by atomic mass is 10.0. The Balaban J connectivity index is 2.65. The largest absolute Gasteiger partial charge is 0.336 e. The van der Waals surface area contributed by atoms with Crippen molar-refractivity contribution in [3.8, 4) is 6.07 Å². The first-order valence-corrected chi connectivity index (χ1v) is 5.86. The summed E-state index contributed by atoms with van der Waals surface area (Å²) in [6.45, 7) is 4.03. The summed E-state index contributed by atoms with van der Waals surface area (Å²) in [6.07, 6.45) is 0.649. The van der Waals surface area contributed by atoms with Crippen LogP contribution in [-0.4, -0.2) is 11.9 Å². The second kappa shape index (κ2) is 6.27. The molecule has 0 saturated heterocycles. The van der Waals surface area contributed by atoms with Crippen LogP contribution in [0.2, 0.25) is 5.02 Å². The molecule has 1 aromatic carbocycles. The Hall–Kier alpha value is -1.53. The summed E-state index contributed by atoms with van der Waals surface area (Å²) in [6, 6.07) is 8.23. The van der Waals surface area contributed by atoms with Gasteiger partial charge in [-0.05, 0) is 36.6 Å². The molecule has 0 aromatic heterocycles. The van der Waals surface area contributed by atoms with Gasteiger partial charge in [-0.15, -0.1) is 0 Å². The van der Waals surface area contributed by atoms with E-state index in [1.165, 1.54) is 0 Å². The van der Waals surface area contributed by atoms with Crippen molar-refractivity contribution >= 4 is 17.5 Å². The van der Waals surface area contributed by atoms with Crippen LogP contribution in [0.25, 0.3) is 0 Å². The molecule has 1 aromatic rings. The van der Waals surface area contributed by atoms with E-state index in [1.54, 1.807) is 24.3 Å². The highest BCUT2D eigenvalue weighted by Crippen LogP contribution is 2.10. The number of rotatable bonds is 4. The van der Waals surface area contributed by atoms with E-state index >= 15 is 0 Å². The summed E-state index contributed by atoms with van der Waals surface area (Å²) < 4.78 is 0. The first-order valence-electron chi connectivity index (χ1n) is 5.49. The number of benzene rings is 1. The molecule has 0 aliphatic rings. The van der Waals surface area contributed by atoms with Gasteiger partial charge in [0.15, 0.2) is 0 Å². The molecule has 4 heteroatoms. The molecule has 0 unspecified atom stereocenters. The fourth-order valence-corrected chi connectivity index (χ4v) is 1.58. The van der Waals surface area contributed by atoms with Gasteiger partial charge in [0.2, 0.25) is 0 Å². The third-order valence-electron chi connectivity index (χ3n) is 2.27. The number of carbonyl (C=O) groups excluding carboxylic acids is 1. The second-order valence-electron chi connectivity index (χ2n) is 4.29. The zero-order chi connectivity index (χ0) is 12.8. The molecule has 1 N–H and O–H groups in total. The molecule has 17 heavy (non-hydrogen) atoms. The minimum atomic E-state index is -0.446. The Morgan fingerprint density at radius 2 is 2.00 bits per heavy atom. The predicted molar refractivity (Wildman–Crippen MR) is 67.8 cm³/mol. The number of hydrogen-bond donors (Lipinski definition) is 1. The van der Waals surface area contributed by atoms with Gasteiger partial charge in [-0.1, -0.05) is 25.4 Å². The van der Waals surface area contributed by atoms with E-state index in [0.29, 0.717) is 22.9 Å². The minimum absolute atomic E-state index is 0.242. The highest BCUT2D eigenvalue weighted by atomic mass is 35.5. The monoisotopic (exact) mass is 250 g/mol. The first kappa shape index (κ1) is 13.5. The maximum atomic E-state index is 11.8. The maximum absolute atomic E-state index is 11.8. The molecule has 1 amide bonds. The van der Waals surface area contributed by atoms with Crippen LogP contribution < -0.4 is 5.32 Å². The highest BCUT2D eigenvalue weighted by Gasteiger charge is 2.14. The molecule has 3 nitrogen and oxygen atoms in total. The van der Waals surface area contributed by atoms with Crippen molar-refractivity contribution in [2.45, 2.75) is 26.3 Å². The van der Waals surface area contributed by atoms with Gasteiger partial charge in [-0.3, -0.25) is 4.79 Å². The number of nitriles is 1. The average Bonchev–Trinajstić information content (AvgIpc) is 2.28. The molecule has 0 radical (unpaired) electrons. The van der Waals surface area contributed by atoms with Gasteiger partial charge < -0.3 is 5.32 Å². The normalized spacial score (nSPS) is 11.9. The van der Waals surface area contributed by atoms with E-state index in [0.717, 1.165) is 0 Å². The number of nitrogens with one attached hydrogen (secondary N) is 1. The van der Waals surface area contributed by atoms with E-state index < -0.39 is 6.04 Å². The Kier molecular flexibility index (Phi) is 4.99. The summed E-state index contributed by atoms with van der Waals surface area (Å²) in [5, 5.41) is 12.2. The van der Waals surface area contributed by atoms with Crippen LogP contribution in [0.4, 0.5) is 0 Å². The highest BCUT2D eigenvalue weighted by molar-refractivity contribution is 6.30. The maximum Gasteiger partial charge on any atom is 0.252 e. The minimum Gasteiger partial charge on any atom is -0.336 e. The van der Waals surface area contributed by atoms with Crippen LogP contribution in [0.3, 0.4) is 0 Å². The molecular weight excluding hydrogens is 236 g/mol. The topological polar surface area (TPSA) is 52.9 Å². The Morgan fingerprint density at radius 1 is 1.41 bits per heavy atom. The van der Waals surface area contributed by atoms with Crippen LogP contribution in [-0.2, 0) is 0 Å². The van der Waals surface area contributed by atoms with Gasteiger partial charge in [-0.25, -0.2) is 0 Å². The number of nitrogens with zero attached hydrogens (tertiary/aromatic N) is 1. The van der Waals surface area contributed by atoms with Gasteiger partial charge in [-0.2, -0.15) is 5.26 Å². The predicted octanol–water partition coefficient (Wildman–Crippen LogP) is 3.01. The number of amides is 1. The van der Waals surface area contributed by atoms with Crippen molar-refractivity contribution in [1.82, 2.24) is 5.32 Å². The van der Waals surface area contributed by atoms with E-state index in [2.05, 4.69) is 11.4 Å². The van der Waals surface area contributed by atoms with Crippen molar-refractivity contribution in [2.75, 3.05) is 0 Å². The van der Waals surface area contributed by atoms with E-state index in [-0.39, 0.29) is 5.91 Å². The molecule has 0 saturated carbocycles. The van der Waals surface area contributed by atoms with Crippen molar-refractivity contribution in [1.29, 1.82) is 5.26 Å². The Labute approximate surface area is 106 Å². The fourth-order valence-electron chi connectivity index (χ4n) is 1.46. The zero-order valence-corrected chi connectivity index (χ0v) is 10.7. The van der Waals surface area contributed by atoms with Crippen LogP contribution in [0.1, 0.15) is 30.6 Å². The molecule has 1 rings (SSSR count). The van der Waals surface area contributed by atoms with Crippen molar-refractivity contribution in [2.24, 2.45) is 5.92 Å². The molecular formula is C13H15ClN2O. The van der Waals surface area contributed by atoms with Crippen molar-refractivity contribution in [3.63, 3.8) is 0 Å². The van der Waals surface area contributed by atoms with Crippen LogP contribution in [0.15, 0.2) is 24.3 Å². The van der Waals surface area contributed by atoms with E-state index in [9.17, 15) is 4.79 Å². The summed E-state index contributed by atoms with van der Waals surface area (Å²) in [5.41, 5.74) is 0.512. The molecule has 0 bridgehead atoms. The van der Waals surface area contributed by atoms with E-state index in [4.69, 9.17) is 16.9 Å². The van der Waals surface area contributed by atoms with Crippen LogP contribution >= 0.6 is 11.6 Å². The Bertz CT molecular complexity index is 420. The first-order chi connectivity index (χ1) is 8.02. The molecule has 0 fully saturated rings. The van der Waals surface area contributed by atoms with Gasteiger partial charge >= 0.3 is 0 Å². The van der Waals surface area contributed by atoms with Crippen LogP contribution in [0.5, 0.6) is 0 Å². The molecule has 0 aliphatic carbocycles. The quantitative estimate of drug-likeness (QED) is 0.893. The Morgan fingerprint density at radius 3 is 2.47 bits per heavy atom. The average molecular weight is 251 g/mol. The van der Waals surface area contributed by atoms with Crippen molar-refractivity contribution in [3.05, 3.63) is 34.9 Å². The molecule has 0 heterocycles. The van der Waals surface area contributed by atoms with E-state index in [1.807, 2.05) is 13.8 Å². The fraction of sp³-hybridized carbons (Fsp3) is 0.385. The molecule has 0 aliphatic heterocycles. The smallest absolute Gasteiger partial charge is 0.252 e. The SMILES string of the molecule is CC(C)C[C@@H](C#N)NC(=O)c1ccc(Cl)cc1. The molecule has 90 valence electrons. The number of halogens is 1. The zero-order valence-electron chi connectivity index (χ0n) is 9.90. The standard InChI is InChI=1S/C13H15ClN2O/c1-9(2)7-12(8-15)16-13(17)10-3-5-11(14)6-4-10/h3-6,9,12H,7H2,1-2H3,(H,16,17)/t12-/m0/s1. The number of carbonyl (C=O) groups is 1. The number of hydrogen-bond acceptors (Lipinski definition) is 2. The lowest BCUT2D eigenvalue weighted by molar-refractivity contribution is 0.0942. The molecule has 1 atom stereocenters. The third kappa shape index (κ3) is 4.46. The van der Waals surface area contributed by atoms with Crippen LogP contribution in [0, 0.1) is 17.2 Å². The third-order valence-corrected chi connectivity index (χ3v) is 2.53. The van der Waals surface area contributed by atoms with Crippen molar-refractivity contribution < 1.29 is 4.79 Å². The summed E-state index contributed by atoms with van der Waals surface area (Å²) in [7, 11) is 0. The van der Waals surface area contributed by atoms with Gasteiger partial charge in [0.25, 0.3) is 5.91 Å². The van der Waals surface area contributed by atoms with Gasteiger partial charge in [0.05, 0.1) is 6.07 Å². The van der Waals surface area contributed by atoms with Gasteiger partial charge in [0.1, 0.15) is 6.04 Å². The van der Waals surface area contributed by atoms with Gasteiger partial charge in [0, 0.05) is 10.6 Å². The second-order valence-corrected chi connectivity index (χ2v) is 4.73. The summed E-state index contributed by atoms with van der Waals surface area (Å²) in [5.74, 6) is 0.124. The lowest BCUT2D eigenvalue weighted by Gasteiger charge is -2.13. The lowest BCUT2D eigenvalue weighted by Crippen LogP contribution is -2.34. The summed E-state index contributed by atoms with van der Waals surface area (Å²) >= 11 is 5.73. The molecule has 0 spiro atoms.